The molecule has 2 N–H and O–H groups in total. The molecule has 0 amide bonds. The first-order valence-corrected chi connectivity index (χ1v) is 4.72. The van der Waals surface area contributed by atoms with Crippen LogP contribution in [0.15, 0.2) is 18.2 Å². The third-order valence-electron chi connectivity index (χ3n) is 2.33. The molecule has 4 nitrogen and oxygen atoms in total. The number of nitrogens with one attached hydrogen (secondary N) is 1. The van der Waals surface area contributed by atoms with Crippen molar-refractivity contribution in [2.45, 2.75) is 12.3 Å². The smallest absolute Gasteiger partial charge is 0.416 e. The van der Waals surface area contributed by atoms with Crippen molar-refractivity contribution in [1.29, 1.82) is 0 Å². The Bertz CT molecular complexity index is 459. The average Bonchev–Trinajstić information content (AvgIpc) is 2.26. The number of rotatable bonds is 1. The van der Waals surface area contributed by atoms with Crippen molar-refractivity contribution in [2.24, 2.45) is 0 Å². The van der Waals surface area contributed by atoms with Crippen LogP contribution in [0.1, 0.15) is 5.56 Å². The van der Waals surface area contributed by atoms with Crippen molar-refractivity contribution in [3.63, 3.8) is 0 Å². The van der Waals surface area contributed by atoms with E-state index in [4.69, 9.17) is 9.84 Å². The topological polar surface area (TPSA) is 58.6 Å². The van der Waals surface area contributed by atoms with Gasteiger partial charge in [0.05, 0.1) is 17.8 Å². The van der Waals surface area contributed by atoms with Gasteiger partial charge in [-0.15, -0.1) is 0 Å². The standard InChI is InChI=1S/C10H8F3NO3/c11-10(12,13)5-1-2-7-6(3-5)14-4-8(17-7)9(15)16/h1-3,8,14H,4H2,(H,15,16). The fourth-order valence-corrected chi connectivity index (χ4v) is 1.48. The molecule has 0 fully saturated rings. The maximum atomic E-state index is 12.4. The highest BCUT2D eigenvalue weighted by Crippen LogP contribution is 2.36. The van der Waals surface area contributed by atoms with Gasteiger partial charge in [-0.05, 0) is 18.2 Å². The molecule has 0 bridgehead atoms. The predicted molar refractivity (Wildman–Crippen MR) is 52.0 cm³/mol. The minimum absolute atomic E-state index is 0.0658. The number of alkyl halides is 3. The molecule has 1 aromatic rings. The molecule has 92 valence electrons. The molecule has 0 aromatic heterocycles. The summed E-state index contributed by atoms with van der Waals surface area (Å²) in [5.41, 5.74) is -0.654. The van der Waals surface area contributed by atoms with Crippen LogP contribution in [0.2, 0.25) is 0 Å². The molecule has 1 aliphatic heterocycles. The fraction of sp³-hybridized carbons (Fsp3) is 0.300. The zero-order chi connectivity index (χ0) is 12.6. The van der Waals surface area contributed by atoms with Crippen LogP contribution >= 0.6 is 0 Å². The second-order valence-corrected chi connectivity index (χ2v) is 3.53. The molecule has 7 heteroatoms. The summed E-state index contributed by atoms with van der Waals surface area (Å²) in [5, 5.41) is 11.3. The maximum Gasteiger partial charge on any atom is 0.416 e. The molecule has 1 aliphatic rings. The Hall–Kier alpha value is -1.92. The Labute approximate surface area is 94.0 Å². The van der Waals surface area contributed by atoms with E-state index in [1.165, 1.54) is 0 Å². The van der Waals surface area contributed by atoms with E-state index in [9.17, 15) is 18.0 Å². The van der Waals surface area contributed by atoms with Gasteiger partial charge in [0.15, 0.2) is 0 Å². The zero-order valence-electron chi connectivity index (χ0n) is 8.41. The monoisotopic (exact) mass is 247 g/mol. The SMILES string of the molecule is O=C(O)C1CNc2cc(C(F)(F)F)ccc2O1. The van der Waals surface area contributed by atoms with Gasteiger partial charge in [-0.2, -0.15) is 13.2 Å². The van der Waals surface area contributed by atoms with Gasteiger partial charge in [-0.1, -0.05) is 0 Å². The van der Waals surface area contributed by atoms with Gasteiger partial charge in [-0.25, -0.2) is 4.79 Å². The lowest BCUT2D eigenvalue weighted by Gasteiger charge is -2.25. The largest absolute Gasteiger partial charge is 0.478 e. The first-order chi connectivity index (χ1) is 7.88. The summed E-state index contributed by atoms with van der Waals surface area (Å²) < 4.78 is 42.2. The number of benzene rings is 1. The highest BCUT2D eigenvalue weighted by atomic mass is 19.4. The van der Waals surface area contributed by atoms with Crippen molar-refractivity contribution in [3.8, 4) is 5.75 Å². The number of hydrogen-bond acceptors (Lipinski definition) is 3. The summed E-state index contributed by atoms with van der Waals surface area (Å²) in [6.07, 6.45) is -5.51. The first-order valence-electron chi connectivity index (χ1n) is 4.72. The Morgan fingerprint density at radius 1 is 1.47 bits per heavy atom. The van der Waals surface area contributed by atoms with E-state index in [2.05, 4.69) is 5.32 Å². The Kier molecular flexibility index (Phi) is 2.60. The summed E-state index contributed by atoms with van der Waals surface area (Å²) in [4.78, 5) is 10.6. The van der Waals surface area contributed by atoms with Crippen molar-refractivity contribution in [2.75, 3.05) is 11.9 Å². The first kappa shape index (κ1) is 11.6. The van der Waals surface area contributed by atoms with Gasteiger partial charge < -0.3 is 15.2 Å². The number of halogens is 3. The number of carboxylic acid groups (broad SMARTS) is 1. The van der Waals surface area contributed by atoms with Crippen LogP contribution in [-0.4, -0.2) is 23.7 Å². The summed E-state index contributed by atoms with van der Waals surface area (Å²) in [6, 6.07) is 2.86. The molecule has 1 heterocycles. The minimum atomic E-state index is -4.43. The highest BCUT2D eigenvalue weighted by molar-refractivity contribution is 5.76. The Balaban J connectivity index is 2.29. The molecular weight excluding hydrogens is 239 g/mol. The molecule has 2 rings (SSSR count). The summed E-state index contributed by atoms with van der Waals surface area (Å²) in [6.45, 7) is -0.0658. The molecule has 0 spiro atoms. The summed E-state index contributed by atoms with van der Waals surface area (Å²) >= 11 is 0. The van der Waals surface area contributed by atoms with Crippen LogP contribution in [0.25, 0.3) is 0 Å². The lowest BCUT2D eigenvalue weighted by Crippen LogP contribution is -2.37. The Morgan fingerprint density at radius 2 is 2.18 bits per heavy atom. The van der Waals surface area contributed by atoms with Crippen molar-refractivity contribution in [3.05, 3.63) is 23.8 Å². The molecule has 0 radical (unpaired) electrons. The third-order valence-corrected chi connectivity index (χ3v) is 2.33. The molecule has 1 atom stereocenters. The van der Waals surface area contributed by atoms with Crippen LogP contribution in [0.5, 0.6) is 5.75 Å². The second-order valence-electron chi connectivity index (χ2n) is 3.53. The molecule has 1 unspecified atom stereocenters. The number of aliphatic carboxylic acids is 1. The number of fused-ring (bicyclic) bond motifs is 1. The second kappa shape index (κ2) is 3.83. The quantitative estimate of drug-likeness (QED) is 0.796. The zero-order valence-corrected chi connectivity index (χ0v) is 8.41. The van der Waals surface area contributed by atoms with Gasteiger partial charge in [0.1, 0.15) is 5.75 Å². The van der Waals surface area contributed by atoms with Crippen molar-refractivity contribution < 1.29 is 27.8 Å². The average molecular weight is 247 g/mol. The van der Waals surface area contributed by atoms with Crippen LogP contribution in [0, 0.1) is 0 Å². The number of anilines is 1. The van der Waals surface area contributed by atoms with Gasteiger partial charge in [0, 0.05) is 0 Å². The number of hydrogen-bond donors (Lipinski definition) is 2. The number of ether oxygens (including phenoxy) is 1. The molecule has 1 aromatic carbocycles. The fourth-order valence-electron chi connectivity index (χ4n) is 1.48. The van der Waals surface area contributed by atoms with E-state index >= 15 is 0 Å². The number of carbonyl (C=O) groups is 1. The molecule has 0 saturated heterocycles. The van der Waals surface area contributed by atoms with E-state index in [0.29, 0.717) is 0 Å². The van der Waals surface area contributed by atoms with Gasteiger partial charge in [-0.3, -0.25) is 0 Å². The van der Waals surface area contributed by atoms with Crippen LogP contribution in [0.4, 0.5) is 18.9 Å². The molecule has 0 aliphatic carbocycles. The van der Waals surface area contributed by atoms with Crippen molar-refractivity contribution >= 4 is 11.7 Å². The molecule has 17 heavy (non-hydrogen) atoms. The van der Waals surface area contributed by atoms with Crippen LogP contribution < -0.4 is 10.1 Å². The summed E-state index contributed by atoms with van der Waals surface area (Å²) in [7, 11) is 0. The van der Waals surface area contributed by atoms with Crippen molar-refractivity contribution in [1.82, 2.24) is 0 Å². The highest BCUT2D eigenvalue weighted by Gasteiger charge is 2.33. The van der Waals surface area contributed by atoms with E-state index in [-0.39, 0.29) is 18.0 Å². The van der Waals surface area contributed by atoms with E-state index in [1.807, 2.05) is 0 Å². The van der Waals surface area contributed by atoms with Crippen LogP contribution in [-0.2, 0) is 11.0 Å². The van der Waals surface area contributed by atoms with Gasteiger partial charge in [0.2, 0.25) is 6.10 Å². The summed E-state index contributed by atoms with van der Waals surface area (Å²) in [5.74, 6) is -1.06. The Morgan fingerprint density at radius 3 is 2.76 bits per heavy atom. The molecule has 0 saturated carbocycles. The minimum Gasteiger partial charge on any atom is -0.478 e. The predicted octanol–water partition coefficient (Wildman–Crippen LogP) is 1.96. The number of carboxylic acids is 1. The van der Waals surface area contributed by atoms with E-state index < -0.39 is 23.8 Å². The maximum absolute atomic E-state index is 12.4. The van der Waals surface area contributed by atoms with Gasteiger partial charge >= 0.3 is 12.1 Å². The van der Waals surface area contributed by atoms with Gasteiger partial charge in [0.25, 0.3) is 0 Å². The lowest BCUT2D eigenvalue weighted by molar-refractivity contribution is -0.144. The van der Waals surface area contributed by atoms with E-state index in [1.54, 1.807) is 0 Å². The molecular formula is C10H8F3NO3. The van der Waals surface area contributed by atoms with E-state index in [0.717, 1.165) is 18.2 Å². The normalized spacial score (nSPS) is 18.9. The lowest BCUT2D eigenvalue weighted by atomic mass is 10.1. The third kappa shape index (κ3) is 2.27. The van der Waals surface area contributed by atoms with Crippen LogP contribution in [0.3, 0.4) is 0 Å².